The lowest BCUT2D eigenvalue weighted by molar-refractivity contribution is -0.137. The van der Waals surface area contributed by atoms with E-state index in [9.17, 15) is 22.8 Å². The third-order valence-electron chi connectivity index (χ3n) is 3.34. The van der Waals surface area contributed by atoms with E-state index in [4.69, 9.17) is 4.74 Å². The molecule has 0 radical (unpaired) electrons. The van der Waals surface area contributed by atoms with Crippen molar-refractivity contribution in [2.24, 2.45) is 0 Å². The van der Waals surface area contributed by atoms with Crippen molar-refractivity contribution in [3.63, 3.8) is 0 Å². The van der Waals surface area contributed by atoms with E-state index in [1.807, 2.05) is 0 Å². The van der Waals surface area contributed by atoms with Gasteiger partial charge < -0.3 is 20.7 Å². The van der Waals surface area contributed by atoms with E-state index in [1.54, 1.807) is 27.7 Å². The fourth-order valence-corrected chi connectivity index (χ4v) is 2.06. The number of rotatable bonds is 5. The Morgan fingerprint density at radius 3 is 2.11 bits per heavy atom. The molecule has 0 aliphatic carbocycles. The first-order valence-electron chi connectivity index (χ1n) is 8.43. The lowest BCUT2D eigenvalue weighted by atomic mass is 10.0. The molecule has 2 amide bonds. The van der Waals surface area contributed by atoms with Gasteiger partial charge >= 0.3 is 12.3 Å². The van der Waals surface area contributed by atoms with Crippen molar-refractivity contribution in [3.8, 4) is 0 Å². The van der Waals surface area contributed by atoms with Crippen molar-refractivity contribution in [3.05, 3.63) is 23.8 Å². The van der Waals surface area contributed by atoms with Crippen LogP contribution in [0.3, 0.4) is 0 Å². The van der Waals surface area contributed by atoms with Gasteiger partial charge in [0.1, 0.15) is 11.1 Å². The number of hydrogen-bond acceptors (Lipinski definition) is 4. The van der Waals surface area contributed by atoms with Crippen LogP contribution in [0.25, 0.3) is 0 Å². The van der Waals surface area contributed by atoms with E-state index in [1.165, 1.54) is 19.9 Å². The number of anilines is 2. The Hall–Kier alpha value is -2.45. The van der Waals surface area contributed by atoms with Gasteiger partial charge in [-0.3, -0.25) is 4.79 Å². The number of nitrogens with one attached hydrogen (secondary N) is 3. The molecular formula is C18H26F3N3O3. The molecule has 0 unspecified atom stereocenters. The highest BCUT2D eigenvalue weighted by atomic mass is 19.4. The van der Waals surface area contributed by atoms with Gasteiger partial charge in [-0.25, -0.2) is 4.79 Å². The Balaban J connectivity index is 2.98. The lowest BCUT2D eigenvalue weighted by Gasteiger charge is -2.28. The largest absolute Gasteiger partial charge is 0.444 e. The Bertz CT molecular complexity index is 695. The Morgan fingerprint density at radius 2 is 1.63 bits per heavy atom. The fourth-order valence-electron chi connectivity index (χ4n) is 2.06. The quantitative estimate of drug-likeness (QED) is 0.698. The summed E-state index contributed by atoms with van der Waals surface area (Å²) in [6.45, 7) is 10.1. The van der Waals surface area contributed by atoms with E-state index < -0.39 is 34.9 Å². The maximum Gasteiger partial charge on any atom is 0.416 e. The molecule has 0 heterocycles. The highest BCUT2D eigenvalue weighted by Gasteiger charge is 2.33. The van der Waals surface area contributed by atoms with Crippen LogP contribution in [-0.4, -0.2) is 29.7 Å². The summed E-state index contributed by atoms with van der Waals surface area (Å²) < 4.78 is 43.8. The molecule has 1 rings (SSSR count). The molecule has 6 nitrogen and oxygen atoms in total. The number of amides is 2. The van der Waals surface area contributed by atoms with E-state index in [-0.39, 0.29) is 11.4 Å². The third-order valence-corrected chi connectivity index (χ3v) is 3.34. The van der Waals surface area contributed by atoms with Crippen LogP contribution < -0.4 is 16.0 Å². The van der Waals surface area contributed by atoms with E-state index in [0.29, 0.717) is 6.54 Å². The van der Waals surface area contributed by atoms with Crippen LogP contribution in [0.5, 0.6) is 0 Å². The van der Waals surface area contributed by atoms with Gasteiger partial charge in [-0.05, 0) is 59.7 Å². The normalized spacial score (nSPS) is 12.3. The predicted octanol–water partition coefficient (Wildman–Crippen LogP) is 4.38. The van der Waals surface area contributed by atoms with Crippen LogP contribution in [0.15, 0.2) is 18.2 Å². The molecule has 27 heavy (non-hydrogen) atoms. The minimum atomic E-state index is -4.50. The van der Waals surface area contributed by atoms with Crippen LogP contribution in [-0.2, 0) is 15.7 Å². The van der Waals surface area contributed by atoms with Crippen LogP contribution >= 0.6 is 0 Å². The summed E-state index contributed by atoms with van der Waals surface area (Å²) in [6, 6.07) is 2.97. The van der Waals surface area contributed by atoms with E-state index >= 15 is 0 Å². The average Bonchev–Trinajstić information content (AvgIpc) is 2.45. The summed E-state index contributed by atoms with van der Waals surface area (Å²) in [5.41, 5.74) is -2.61. The SMILES string of the molecule is CCNc1cc(C(F)(F)F)ccc1NC(=O)C(C)(C)NC(=O)OC(C)(C)C. The fraction of sp³-hybridized carbons (Fsp3) is 0.556. The first-order valence-corrected chi connectivity index (χ1v) is 8.43. The summed E-state index contributed by atoms with van der Waals surface area (Å²) in [6.07, 6.45) is -5.27. The topological polar surface area (TPSA) is 79.5 Å². The van der Waals surface area contributed by atoms with Gasteiger partial charge in [0.05, 0.1) is 16.9 Å². The summed E-state index contributed by atoms with van der Waals surface area (Å²) in [7, 11) is 0. The Kier molecular flexibility index (Phi) is 6.74. The molecule has 152 valence electrons. The maximum atomic E-state index is 12.9. The zero-order valence-corrected chi connectivity index (χ0v) is 16.3. The van der Waals surface area contributed by atoms with Gasteiger partial charge in [0.2, 0.25) is 5.91 Å². The first-order chi connectivity index (χ1) is 12.2. The molecule has 0 aliphatic rings. The maximum absolute atomic E-state index is 12.9. The molecule has 1 aromatic rings. The average molecular weight is 389 g/mol. The summed E-state index contributed by atoms with van der Waals surface area (Å²) in [5.74, 6) is -0.604. The minimum absolute atomic E-state index is 0.133. The monoisotopic (exact) mass is 389 g/mol. The molecule has 9 heteroatoms. The molecule has 0 fully saturated rings. The second kappa shape index (κ2) is 8.06. The molecule has 0 spiro atoms. The number of hydrogen-bond donors (Lipinski definition) is 3. The van der Waals surface area contributed by atoms with Gasteiger partial charge in [0.15, 0.2) is 0 Å². The molecule has 0 atom stereocenters. The molecule has 3 N–H and O–H groups in total. The summed E-state index contributed by atoms with van der Waals surface area (Å²) >= 11 is 0. The molecular weight excluding hydrogens is 363 g/mol. The van der Waals surface area contributed by atoms with Crippen molar-refractivity contribution >= 4 is 23.4 Å². The van der Waals surface area contributed by atoms with Crippen LogP contribution in [0.2, 0.25) is 0 Å². The second-order valence-electron chi connectivity index (χ2n) is 7.49. The van der Waals surface area contributed by atoms with Crippen molar-refractivity contribution in [2.75, 3.05) is 17.2 Å². The third kappa shape index (κ3) is 6.99. The van der Waals surface area contributed by atoms with Crippen LogP contribution in [0.4, 0.5) is 29.3 Å². The standard InChI is InChI=1S/C18H26F3N3O3/c1-7-22-13-10-11(18(19,20)21)8-9-12(13)23-14(25)17(5,6)24-15(26)27-16(2,3)4/h8-10,22H,7H2,1-6H3,(H,23,25)(H,24,26). The van der Waals surface area contributed by atoms with Crippen molar-refractivity contribution in [1.29, 1.82) is 0 Å². The lowest BCUT2D eigenvalue weighted by Crippen LogP contribution is -2.53. The molecule has 1 aromatic carbocycles. The van der Waals surface area contributed by atoms with Gasteiger partial charge in [-0.2, -0.15) is 13.2 Å². The van der Waals surface area contributed by atoms with Gasteiger partial charge in [-0.15, -0.1) is 0 Å². The number of benzene rings is 1. The highest BCUT2D eigenvalue weighted by molar-refractivity contribution is 6.01. The van der Waals surface area contributed by atoms with Crippen molar-refractivity contribution in [1.82, 2.24) is 5.32 Å². The van der Waals surface area contributed by atoms with Crippen LogP contribution in [0, 0.1) is 0 Å². The number of ether oxygens (including phenoxy) is 1. The first kappa shape index (κ1) is 22.6. The number of alkyl halides is 3. The molecule has 0 saturated carbocycles. The smallest absolute Gasteiger partial charge is 0.416 e. The van der Waals surface area contributed by atoms with Gasteiger partial charge in [0.25, 0.3) is 0 Å². The number of carbonyl (C=O) groups excluding carboxylic acids is 2. The molecule has 0 saturated heterocycles. The van der Waals surface area contributed by atoms with Crippen molar-refractivity contribution in [2.45, 2.75) is 58.9 Å². The second-order valence-corrected chi connectivity index (χ2v) is 7.49. The Morgan fingerprint density at radius 1 is 1.04 bits per heavy atom. The highest BCUT2D eigenvalue weighted by Crippen LogP contribution is 2.34. The number of alkyl carbamates (subject to hydrolysis) is 1. The van der Waals surface area contributed by atoms with E-state index in [2.05, 4.69) is 16.0 Å². The zero-order valence-electron chi connectivity index (χ0n) is 16.3. The number of carbonyl (C=O) groups is 2. The van der Waals surface area contributed by atoms with Gasteiger partial charge in [-0.1, -0.05) is 0 Å². The zero-order chi connectivity index (χ0) is 21.0. The predicted molar refractivity (Wildman–Crippen MR) is 97.7 cm³/mol. The summed E-state index contributed by atoms with van der Waals surface area (Å²) in [5, 5.41) is 7.78. The summed E-state index contributed by atoms with van der Waals surface area (Å²) in [4.78, 5) is 24.4. The molecule has 0 aromatic heterocycles. The number of halogens is 3. The van der Waals surface area contributed by atoms with Gasteiger partial charge in [0, 0.05) is 6.54 Å². The van der Waals surface area contributed by atoms with E-state index in [0.717, 1.165) is 12.1 Å². The molecule has 0 bridgehead atoms. The van der Waals surface area contributed by atoms with Crippen molar-refractivity contribution < 1.29 is 27.5 Å². The van der Waals surface area contributed by atoms with Crippen LogP contribution in [0.1, 0.15) is 47.1 Å². The molecule has 0 aliphatic heterocycles. The Labute approximate surface area is 156 Å². The minimum Gasteiger partial charge on any atom is -0.444 e.